The SMILES string of the molecule is NC(N)=NNCCOCCN1C(=O)NC(c2ccccc2)(c2ccccc2)C1=O. The van der Waals surface area contributed by atoms with Crippen molar-refractivity contribution in [2.75, 3.05) is 26.3 Å². The number of hydrogen-bond acceptors (Lipinski definition) is 5. The Morgan fingerprint density at radius 3 is 2.14 bits per heavy atom. The van der Waals surface area contributed by atoms with E-state index >= 15 is 0 Å². The molecular formula is C20H24N6O3. The van der Waals surface area contributed by atoms with E-state index in [0.717, 1.165) is 0 Å². The van der Waals surface area contributed by atoms with Gasteiger partial charge < -0.3 is 26.9 Å². The van der Waals surface area contributed by atoms with Crippen molar-refractivity contribution < 1.29 is 14.3 Å². The Kier molecular flexibility index (Phi) is 6.30. The van der Waals surface area contributed by atoms with Crippen LogP contribution in [0.25, 0.3) is 0 Å². The molecule has 0 bridgehead atoms. The number of carbonyl (C=O) groups excluding carboxylic acids is 2. The van der Waals surface area contributed by atoms with Gasteiger partial charge in [0.05, 0.1) is 26.3 Å². The van der Waals surface area contributed by atoms with Crippen LogP contribution in [-0.4, -0.2) is 49.1 Å². The summed E-state index contributed by atoms with van der Waals surface area (Å²) in [5, 5.41) is 6.52. The van der Waals surface area contributed by atoms with Crippen molar-refractivity contribution in [3.63, 3.8) is 0 Å². The number of nitrogens with two attached hydrogens (primary N) is 2. The minimum absolute atomic E-state index is 0.0671. The molecule has 0 atom stereocenters. The molecule has 2 aromatic rings. The van der Waals surface area contributed by atoms with Crippen LogP contribution in [0.1, 0.15) is 11.1 Å². The van der Waals surface area contributed by atoms with Crippen LogP contribution in [0.2, 0.25) is 0 Å². The van der Waals surface area contributed by atoms with Gasteiger partial charge in [0.1, 0.15) is 0 Å². The molecule has 1 heterocycles. The number of carbonyl (C=O) groups is 2. The average molecular weight is 396 g/mol. The summed E-state index contributed by atoms with van der Waals surface area (Å²) >= 11 is 0. The van der Waals surface area contributed by atoms with Crippen molar-refractivity contribution in [2.45, 2.75) is 5.54 Å². The van der Waals surface area contributed by atoms with E-state index < -0.39 is 11.6 Å². The van der Waals surface area contributed by atoms with Crippen LogP contribution in [0.15, 0.2) is 65.8 Å². The summed E-state index contributed by atoms with van der Waals surface area (Å²) in [6.07, 6.45) is 0. The standard InChI is InChI=1S/C20H24N6O3/c21-18(22)25-23-11-13-29-14-12-26-17(27)20(24-19(26)28,15-7-3-1-4-8-15)16-9-5-2-6-10-16/h1-10,23H,11-14H2,(H,24,28)(H4,21,22,25). The number of hydrazone groups is 1. The molecule has 9 heteroatoms. The normalized spacial score (nSPS) is 15.1. The van der Waals surface area contributed by atoms with Gasteiger partial charge in [-0.05, 0) is 11.1 Å². The lowest BCUT2D eigenvalue weighted by atomic mass is 9.82. The first-order valence-electron chi connectivity index (χ1n) is 9.20. The summed E-state index contributed by atoms with van der Waals surface area (Å²) in [6, 6.07) is 18.0. The molecule has 9 nitrogen and oxygen atoms in total. The zero-order chi connectivity index (χ0) is 20.7. The molecule has 0 spiro atoms. The van der Waals surface area contributed by atoms with Gasteiger partial charge >= 0.3 is 6.03 Å². The van der Waals surface area contributed by atoms with Crippen LogP contribution in [0.4, 0.5) is 4.79 Å². The van der Waals surface area contributed by atoms with Crippen LogP contribution in [-0.2, 0) is 15.1 Å². The van der Waals surface area contributed by atoms with Crippen molar-refractivity contribution in [3.8, 4) is 0 Å². The van der Waals surface area contributed by atoms with Crippen LogP contribution < -0.4 is 22.2 Å². The molecule has 0 unspecified atom stereocenters. The molecule has 1 aliphatic rings. The van der Waals surface area contributed by atoms with Crippen molar-refractivity contribution in [1.29, 1.82) is 0 Å². The first kappa shape index (κ1) is 20.2. The average Bonchev–Trinajstić information content (AvgIpc) is 2.99. The highest BCUT2D eigenvalue weighted by Crippen LogP contribution is 2.35. The molecule has 3 rings (SSSR count). The third-order valence-electron chi connectivity index (χ3n) is 4.54. The molecule has 0 aliphatic carbocycles. The van der Waals surface area contributed by atoms with Gasteiger partial charge in [-0.3, -0.25) is 9.69 Å². The third-order valence-corrected chi connectivity index (χ3v) is 4.54. The van der Waals surface area contributed by atoms with E-state index in [1.54, 1.807) is 0 Å². The molecule has 0 saturated carbocycles. The first-order valence-corrected chi connectivity index (χ1v) is 9.20. The first-order chi connectivity index (χ1) is 14.1. The van der Waals surface area contributed by atoms with E-state index in [1.165, 1.54) is 4.90 Å². The largest absolute Gasteiger partial charge is 0.378 e. The summed E-state index contributed by atoms with van der Waals surface area (Å²) in [6.45, 7) is 1.05. The molecule has 1 aliphatic heterocycles. The lowest BCUT2D eigenvalue weighted by Crippen LogP contribution is -2.45. The Morgan fingerprint density at radius 1 is 1.00 bits per heavy atom. The van der Waals surface area contributed by atoms with Gasteiger partial charge in [0.2, 0.25) is 5.96 Å². The number of benzene rings is 2. The lowest BCUT2D eigenvalue weighted by Gasteiger charge is -2.28. The van der Waals surface area contributed by atoms with E-state index in [1.807, 2.05) is 60.7 Å². The van der Waals surface area contributed by atoms with Gasteiger partial charge in [-0.25, -0.2) is 4.79 Å². The monoisotopic (exact) mass is 396 g/mol. The minimum Gasteiger partial charge on any atom is -0.378 e. The van der Waals surface area contributed by atoms with Crippen LogP contribution in [0, 0.1) is 0 Å². The third kappa shape index (κ3) is 4.30. The second-order valence-corrected chi connectivity index (χ2v) is 6.43. The molecule has 1 fully saturated rings. The van der Waals surface area contributed by atoms with Gasteiger partial charge in [0, 0.05) is 0 Å². The van der Waals surface area contributed by atoms with Crippen LogP contribution in [0.5, 0.6) is 0 Å². The van der Waals surface area contributed by atoms with E-state index in [0.29, 0.717) is 24.3 Å². The smallest absolute Gasteiger partial charge is 0.325 e. The van der Waals surface area contributed by atoms with Crippen molar-refractivity contribution in [2.24, 2.45) is 16.6 Å². The fourth-order valence-electron chi connectivity index (χ4n) is 3.24. The van der Waals surface area contributed by atoms with Crippen molar-refractivity contribution >= 4 is 17.9 Å². The minimum atomic E-state index is -1.26. The molecule has 152 valence electrons. The fourth-order valence-corrected chi connectivity index (χ4v) is 3.24. The topological polar surface area (TPSA) is 135 Å². The van der Waals surface area contributed by atoms with Gasteiger partial charge in [-0.2, -0.15) is 0 Å². The Balaban J connectivity index is 1.72. The zero-order valence-corrected chi connectivity index (χ0v) is 15.9. The second-order valence-electron chi connectivity index (χ2n) is 6.43. The molecule has 1 saturated heterocycles. The summed E-state index contributed by atoms with van der Waals surface area (Å²) < 4.78 is 5.47. The number of nitrogens with one attached hydrogen (secondary N) is 2. The predicted molar refractivity (Wildman–Crippen MR) is 109 cm³/mol. The highest BCUT2D eigenvalue weighted by atomic mass is 16.5. The quantitative estimate of drug-likeness (QED) is 0.158. The molecule has 0 radical (unpaired) electrons. The van der Waals surface area contributed by atoms with Gasteiger partial charge in [-0.15, -0.1) is 5.10 Å². The van der Waals surface area contributed by atoms with Gasteiger partial charge in [-0.1, -0.05) is 60.7 Å². The van der Waals surface area contributed by atoms with Gasteiger partial charge in [0.15, 0.2) is 5.54 Å². The number of guanidine groups is 1. The zero-order valence-electron chi connectivity index (χ0n) is 15.9. The maximum absolute atomic E-state index is 13.4. The summed E-state index contributed by atoms with van der Waals surface area (Å²) in [4.78, 5) is 27.3. The number of nitrogens with zero attached hydrogens (tertiary/aromatic N) is 2. The van der Waals surface area contributed by atoms with Crippen molar-refractivity contribution in [3.05, 3.63) is 71.8 Å². The van der Waals surface area contributed by atoms with E-state index in [-0.39, 0.29) is 25.0 Å². The predicted octanol–water partition coefficient (Wildman–Crippen LogP) is 0.277. The molecule has 6 N–H and O–H groups in total. The summed E-state index contributed by atoms with van der Waals surface area (Å²) in [5.41, 5.74) is 13.2. The number of hydrogen-bond donors (Lipinski definition) is 4. The lowest BCUT2D eigenvalue weighted by molar-refractivity contribution is -0.130. The molecular weight excluding hydrogens is 372 g/mol. The van der Waals surface area contributed by atoms with Gasteiger partial charge in [0.25, 0.3) is 5.91 Å². The van der Waals surface area contributed by atoms with E-state index in [4.69, 9.17) is 16.2 Å². The Bertz CT molecular complexity index is 829. The maximum Gasteiger partial charge on any atom is 0.325 e. The highest BCUT2D eigenvalue weighted by Gasteiger charge is 2.53. The Hall–Kier alpha value is -3.59. The molecule has 0 aromatic heterocycles. The number of ether oxygens (including phenoxy) is 1. The van der Waals surface area contributed by atoms with E-state index in [2.05, 4.69) is 15.8 Å². The van der Waals surface area contributed by atoms with E-state index in [9.17, 15) is 9.59 Å². The summed E-state index contributed by atoms with van der Waals surface area (Å²) in [7, 11) is 0. The maximum atomic E-state index is 13.4. The number of imide groups is 1. The molecule has 2 aromatic carbocycles. The second kappa shape index (κ2) is 9.07. The van der Waals surface area contributed by atoms with Crippen LogP contribution in [0.3, 0.4) is 0 Å². The Labute approximate surface area is 168 Å². The fraction of sp³-hybridized carbons (Fsp3) is 0.250. The highest BCUT2D eigenvalue weighted by molar-refractivity contribution is 6.09. The molecule has 29 heavy (non-hydrogen) atoms. The number of urea groups is 1. The summed E-state index contributed by atoms with van der Waals surface area (Å²) in [5.74, 6) is -0.398. The van der Waals surface area contributed by atoms with Crippen molar-refractivity contribution in [1.82, 2.24) is 15.6 Å². The molecule has 3 amide bonds. The number of rotatable bonds is 9. The Morgan fingerprint density at radius 2 is 1.59 bits per heavy atom. The van der Waals surface area contributed by atoms with Crippen LogP contribution >= 0.6 is 0 Å². The number of amides is 3.